The summed E-state index contributed by atoms with van der Waals surface area (Å²) < 4.78 is 4.63. The summed E-state index contributed by atoms with van der Waals surface area (Å²) in [7, 11) is 1.36. The summed E-state index contributed by atoms with van der Waals surface area (Å²) in [6.07, 6.45) is 0.618. The highest BCUT2D eigenvalue weighted by Crippen LogP contribution is 2.30. The lowest BCUT2D eigenvalue weighted by Gasteiger charge is -2.18. The minimum absolute atomic E-state index is 0.164. The van der Waals surface area contributed by atoms with E-state index in [4.69, 9.17) is 4.84 Å². The van der Waals surface area contributed by atoms with Crippen LogP contribution in [-0.2, 0) is 14.4 Å². The van der Waals surface area contributed by atoms with Crippen LogP contribution in [0, 0.1) is 0 Å². The first-order valence-electron chi connectivity index (χ1n) is 3.93. The Hall–Kier alpha value is -0.610. The lowest BCUT2D eigenvalue weighted by Crippen LogP contribution is -2.36. The number of methoxy groups -OCH3 is 1. The van der Waals surface area contributed by atoms with Gasteiger partial charge in [-0.05, 0) is 20.8 Å². The second kappa shape index (κ2) is 2.71. The van der Waals surface area contributed by atoms with Crippen molar-refractivity contribution in [3.05, 3.63) is 0 Å². The topological polar surface area (TPSA) is 47.6 Å². The zero-order valence-electron chi connectivity index (χ0n) is 7.93. The maximum Gasteiger partial charge on any atom is 0.340 e. The third-order valence-electron chi connectivity index (χ3n) is 1.95. The fourth-order valence-corrected chi connectivity index (χ4v) is 1.50. The first kappa shape index (κ1) is 9.48. The van der Waals surface area contributed by atoms with Gasteiger partial charge in [0.05, 0.1) is 7.11 Å². The van der Waals surface area contributed by atoms with Crippen molar-refractivity contribution in [2.75, 3.05) is 7.11 Å². The Morgan fingerprint density at radius 3 is 2.42 bits per heavy atom. The molecule has 0 aromatic heterocycles. The lowest BCUT2D eigenvalue weighted by atomic mass is 9.91. The molecule has 4 heteroatoms. The van der Waals surface area contributed by atoms with Gasteiger partial charge in [0.2, 0.25) is 0 Å². The van der Waals surface area contributed by atoms with E-state index in [1.807, 2.05) is 13.8 Å². The van der Waals surface area contributed by atoms with Crippen molar-refractivity contribution in [3.63, 3.8) is 0 Å². The Morgan fingerprint density at radius 2 is 2.08 bits per heavy atom. The van der Waals surface area contributed by atoms with E-state index in [2.05, 4.69) is 10.2 Å². The largest absolute Gasteiger partial charge is 0.467 e. The van der Waals surface area contributed by atoms with Crippen LogP contribution < -0.4 is 5.48 Å². The van der Waals surface area contributed by atoms with E-state index in [1.165, 1.54) is 7.11 Å². The molecule has 12 heavy (non-hydrogen) atoms. The van der Waals surface area contributed by atoms with Crippen LogP contribution in [0.3, 0.4) is 0 Å². The van der Waals surface area contributed by atoms with Gasteiger partial charge in [-0.1, -0.05) is 0 Å². The van der Waals surface area contributed by atoms with Crippen molar-refractivity contribution in [1.29, 1.82) is 0 Å². The van der Waals surface area contributed by atoms with E-state index in [1.54, 1.807) is 6.92 Å². The van der Waals surface area contributed by atoms with Crippen LogP contribution in [-0.4, -0.2) is 24.2 Å². The molecule has 4 nitrogen and oxygen atoms in total. The van der Waals surface area contributed by atoms with E-state index in [0.29, 0.717) is 6.42 Å². The summed E-state index contributed by atoms with van der Waals surface area (Å²) in [6.45, 7) is 5.67. The Labute approximate surface area is 72.2 Å². The minimum Gasteiger partial charge on any atom is -0.467 e. The third kappa shape index (κ3) is 1.59. The van der Waals surface area contributed by atoms with Gasteiger partial charge in [-0.15, -0.1) is 0 Å². The summed E-state index contributed by atoms with van der Waals surface area (Å²) in [4.78, 5) is 16.4. The molecular formula is C8H15NO3. The number of rotatable bonds is 1. The molecular weight excluding hydrogens is 158 g/mol. The van der Waals surface area contributed by atoms with Crippen LogP contribution in [0.15, 0.2) is 0 Å². The quantitative estimate of drug-likeness (QED) is 0.590. The highest BCUT2D eigenvalue weighted by molar-refractivity contribution is 5.79. The van der Waals surface area contributed by atoms with E-state index >= 15 is 0 Å². The Bertz CT molecular complexity index is 202. The number of ether oxygens (including phenoxy) is 1. The summed E-state index contributed by atoms with van der Waals surface area (Å²) in [6, 6.07) is 0. The molecule has 1 saturated heterocycles. The van der Waals surface area contributed by atoms with Crippen molar-refractivity contribution in [2.24, 2.45) is 0 Å². The average molecular weight is 173 g/mol. The number of carbonyl (C=O) groups excluding carboxylic acids is 1. The van der Waals surface area contributed by atoms with Gasteiger partial charge in [0.1, 0.15) is 0 Å². The highest BCUT2D eigenvalue weighted by Gasteiger charge is 2.47. The number of esters is 1. The summed E-state index contributed by atoms with van der Waals surface area (Å²) >= 11 is 0. The summed E-state index contributed by atoms with van der Waals surface area (Å²) in [5.74, 6) is -0.333. The maximum atomic E-state index is 11.2. The van der Waals surface area contributed by atoms with Gasteiger partial charge in [-0.3, -0.25) is 4.84 Å². The molecule has 0 radical (unpaired) electrons. The van der Waals surface area contributed by atoms with E-state index in [0.717, 1.165) is 0 Å². The van der Waals surface area contributed by atoms with Gasteiger partial charge < -0.3 is 4.74 Å². The second-order valence-corrected chi connectivity index (χ2v) is 3.99. The van der Waals surface area contributed by atoms with Crippen molar-refractivity contribution in [3.8, 4) is 0 Å². The molecule has 1 heterocycles. The lowest BCUT2D eigenvalue weighted by molar-refractivity contribution is -0.167. The van der Waals surface area contributed by atoms with Gasteiger partial charge in [0.15, 0.2) is 5.60 Å². The normalized spacial score (nSPS) is 33.3. The standard InChI is InChI=1S/C8H15NO3/c1-7(2)5-8(3,12-9-7)6(10)11-4/h9H,5H2,1-4H3. The number of hydrogen-bond acceptors (Lipinski definition) is 4. The van der Waals surface area contributed by atoms with Crippen molar-refractivity contribution in [1.82, 2.24) is 5.48 Å². The molecule has 1 N–H and O–H groups in total. The molecule has 1 fully saturated rings. The zero-order chi connectivity index (χ0) is 9.41. The van der Waals surface area contributed by atoms with Crippen LogP contribution in [0.2, 0.25) is 0 Å². The second-order valence-electron chi connectivity index (χ2n) is 3.99. The number of nitrogens with one attached hydrogen (secondary N) is 1. The molecule has 0 amide bonds. The van der Waals surface area contributed by atoms with Crippen LogP contribution in [0.1, 0.15) is 27.2 Å². The maximum absolute atomic E-state index is 11.2. The van der Waals surface area contributed by atoms with Crippen molar-refractivity contribution >= 4 is 5.97 Å². The fourth-order valence-electron chi connectivity index (χ4n) is 1.50. The predicted octanol–water partition coefficient (Wildman–Crippen LogP) is 0.622. The molecule has 0 spiro atoms. The van der Waals surface area contributed by atoms with Gasteiger partial charge in [0.25, 0.3) is 0 Å². The number of hydroxylamine groups is 1. The third-order valence-corrected chi connectivity index (χ3v) is 1.95. The molecule has 0 aromatic rings. The minimum atomic E-state index is -0.835. The summed E-state index contributed by atoms with van der Waals surface area (Å²) in [5.41, 5.74) is 1.80. The Morgan fingerprint density at radius 1 is 1.50 bits per heavy atom. The highest BCUT2D eigenvalue weighted by atomic mass is 16.7. The smallest absolute Gasteiger partial charge is 0.340 e. The van der Waals surface area contributed by atoms with Crippen LogP contribution in [0.5, 0.6) is 0 Å². The molecule has 70 valence electrons. The number of hydrogen-bond donors (Lipinski definition) is 1. The molecule has 1 rings (SSSR count). The molecule has 0 aliphatic carbocycles. The van der Waals surface area contributed by atoms with Crippen LogP contribution in [0.25, 0.3) is 0 Å². The first-order valence-corrected chi connectivity index (χ1v) is 3.93. The molecule has 0 saturated carbocycles. The molecule has 1 aliphatic rings. The van der Waals surface area contributed by atoms with Gasteiger partial charge in [-0.2, -0.15) is 5.48 Å². The van der Waals surface area contributed by atoms with Crippen molar-refractivity contribution in [2.45, 2.75) is 38.3 Å². The van der Waals surface area contributed by atoms with Gasteiger partial charge in [0, 0.05) is 12.0 Å². The zero-order valence-corrected chi connectivity index (χ0v) is 7.93. The monoisotopic (exact) mass is 173 g/mol. The average Bonchev–Trinajstić information content (AvgIpc) is 2.25. The predicted molar refractivity (Wildman–Crippen MR) is 43.3 cm³/mol. The van der Waals surface area contributed by atoms with Crippen molar-refractivity contribution < 1.29 is 14.4 Å². The van der Waals surface area contributed by atoms with E-state index < -0.39 is 5.60 Å². The molecule has 0 bridgehead atoms. The van der Waals surface area contributed by atoms with E-state index in [-0.39, 0.29) is 11.5 Å². The molecule has 1 atom stereocenters. The fraction of sp³-hybridized carbons (Fsp3) is 0.875. The van der Waals surface area contributed by atoms with Gasteiger partial charge in [-0.25, -0.2) is 4.79 Å². The Balaban J connectivity index is 2.71. The van der Waals surface area contributed by atoms with Gasteiger partial charge >= 0.3 is 5.97 Å². The Kier molecular flexibility index (Phi) is 2.14. The van der Waals surface area contributed by atoms with E-state index in [9.17, 15) is 4.79 Å². The first-order chi connectivity index (χ1) is 5.40. The van der Waals surface area contributed by atoms with Crippen LogP contribution >= 0.6 is 0 Å². The molecule has 0 aromatic carbocycles. The summed E-state index contributed by atoms with van der Waals surface area (Å²) in [5, 5.41) is 0. The SMILES string of the molecule is COC(=O)C1(C)CC(C)(C)NO1. The molecule has 1 aliphatic heterocycles. The van der Waals surface area contributed by atoms with Crippen LogP contribution in [0.4, 0.5) is 0 Å². The molecule has 1 unspecified atom stereocenters. The number of carbonyl (C=O) groups is 1.